The average Bonchev–Trinajstić information content (AvgIpc) is 4.18. The number of aliphatic hydroxyl groups excluding tert-OH is 2. The van der Waals surface area contributed by atoms with Crippen molar-refractivity contribution < 1.29 is 47.3 Å². The van der Waals surface area contributed by atoms with Crippen molar-refractivity contribution in [2.45, 2.75) is 103 Å². The Bertz CT molecular complexity index is 2790. The third-order valence-corrected chi connectivity index (χ3v) is 18.2. The predicted molar refractivity (Wildman–Crippen MR) is 309 cm³/mol. The largest absolute Gasteiger partial charge is 0.483 e. The van der Waals surface area contributed by atoms with Crippen LogP contribution in [0.15, 0.2) is 78.3 Å². The van der Waals surface area contributed by atoms with Crippen molar-refractivity contribution >= 4 is 86.8 Å². The van der Waals surface area contributed by atoms with Crippen molar-refractivity contribution in [3.8, 4) is 26.6 Å². The van der Waals surface area contributed by atoms with Crippen LogP contribution in [0.2, 0.25) is 5.02 Å². The minimum atomic E-state index is -3.72. The second-order valence-corrected chi connectivity index (χ2v) is 23.7. The number of rotatable bonds is 23. The molecular formula is C56H76ClN7O10S3. The predicted octanol–water partition coefficient (Wildman–Crippen LogP) is 8.45. The van der Waals surface area contributed by atoms with Crippen molar-refractivity contribution in [3.63, 3.8) is 0 Å². The molecule has 21 heteroatoms. The first-order valence-electron chi connectivity index (χ1n) is 25.5. The molecule has 2 saturated heterocycles. The summed E-state index contributed by atoms with van der Waals surface area (Å²) in [5.74, 6) is -0.438. The number of nitrogens with one attached hydrogen (secondary N) is 3. The number of nitrogens with two attached hydrogens (primary N) is 1. The molecule has 2 aliphatic heterocycles. The number of piperidine rings is 1. The highest BCUT2D eigenvalue weighted by Crippen LogP contribution is 2.45. The van der Waals surface area contributed by atoms with Crippen molar-refractivity contribution in [3.05, 3.63) is 105 Å². The zero-order valence-corrected chi connectivity index (χ0v) is 48.3. The lowest BCUT2D eigenvalue weighted by Crippen LogP contribution is -2.55. The number of aryl methyl sites for hydroxylation is 1. The lowest BCUT2D eigenvalue weighted by atomic mass is 9.78. The third kappa shape index (κ3) is 17.0. The first-order valence-corrected chi connectivity index (χ1v) is 29.2. The van der Waals surface area contributed by atoms with E-state index in [4.69, 9.17) is 37.1 Å². The summed E-state index contributed by atoms with van der Waals surface area (Å²) in [5.41, 5.74) is 13.5. The molecule has 4 heterocycles. The van der Waals surface area contributed by atoms with Crippen LogP contribution in [0.4, 0.5) is 11.4 Å². The van der Waals surface area contributed by atoms with Crippen LogP contribution in [-0.2, 0) is 41.5 Å². The minimum Gasteiger partial charge on any atom is -0.483 e. The Balaban J connectivity index is 0.00000206. The highest BCUT2D eigenvalue weighted by Gasteiger charge is 2.42. The third-order valence-electron chi connectivity index (χ3n) is 13.6. The Labute approximate surface area is 467 Å². The molecule has 7 N–H and O–H groups in total. The van der Waals surface area contributed by atoms with Crippen molar-refractivity contribution in [1.29, 1.82) is 0 Å². The van der Waals surface area contributed by atoms with Crippen LogP contribution in [0.5, 0.6) is 5.75 Å². The maximum atomic E-state index is 14.5. The standard InChI is InChI=1S/C53H66ClN7O7S3.2CH4O.CH2O/c1-34(2)46(52(65)60-23-8-13-44(60)51(64)57-30-36-14-16-39(17-15-36)49-35(3)58-33-69-49)38(18-21-55)19-22-56-41-11-6-9-37(27-41)32-71(66,67)61-24-20-43(29-53(61,4)5)59-42-12-7-10-40(28-42)50-47(54)48(68-26-25-62)45(31-63)70-50;3*1-2/h6-7,9-12,14-17,25,27-28,31,33-34,38,43-44,46,56,59H,8,13,18-24,26,29-30,32,55H2,1-5H3,(H,57,64);2*2H,1H3;1H2. The number of aldehydes is 2. The molecular weight excluding hydrogens is 1060 g/mol. The molecule has 0 radical (unpaired) electrons. The van der Waals surface area contributed by atoms with Gasteiger partial charge in [0.15, 0.2) is 18.3 Å². The van der Waals surface area contributed by atoms with Gasteiger partial charge in [0, 0.05) is 69.3 Å². The summed E-state index contributed by atoms with van der Waals surface area (Å²) in [6, 6.07) is 22.7. The number of thiazole rings is 1. The zero-order valence-electron chi connectivity index (χ0n) is 45.1. The average molecular weight is 1140 g/mol. The molecule has 4 atom stereocenters. The van der Waals surface area contributed by atoms with Gasteiger partial charge in [0.2, 0.25) is 21.8 Å². The molecule has 5 aromatic rings. The quantitative estimate of drug-likeness (QED) is 0.0336. The van der Waals surface area contributed by atoms with Crippen molar-refractivity contribution in [2.24, 2.45) is 23.5 Å². The fraction of sp³-hybridized carbons (Fsp3) is 0.464. The molecule has 2 fully saturated rings. The number of nitrogens with zero attached hydrogens (tertiary/aromatic N) is 3. The second kappa shape index (κ2) is 31.1. The summed E-state index contributed by atoms with van der Waals surface area (Å²) in [6.07, 6.45) is 5.12. The summed E-state index contributed by atoms with van der Waals surface area (Å²) < 4.78 is 35.4. The van der Waals surface area contributed by atoms with Crippen LogP contribution in [0, 0.1) is 24.7 Å². The van der Waals surface area contributed by atoms with E-state index in [1.165, 1.54) is 11.3 Å². The second-order valence-electron chi connectivity index (χ2n) is 19.5. The summed E-state index contributed by atoms with van der Waals surface area (Å²) in [6.45, 7) is 14.0. The smallest absolute Gasteiger partial charge is 0.243 e. The van der Waals surface area contributed by atoms with E-state index in [-0.39, 0.29) is 58.7 Å². The summed E-state index contributed by atoms with van der Waals surface area (Å²) >= 11 is 9.41. The molecule has 2 aliphatic rings. The number of likely N-dealkylation sites (tertiary alicyclic amines) is 1. The summed E-state index contributed by atoms with van der Waals surface area (Å²) in [7, 11) is -1.72. The number of benzene rings is 3. The van der Waals surface area contributed by atoms with E-state index in [9.17, 15) is 27.6 Å². The Morgan fingerprint density at radius 2 is 1.65 bits per heavy atom. The van der Waals surface area contributed by atoms with Gasteiger partial charge in [-0.05, 0) is 124 Å². The highest BCUT2D eigenvalue weighted by molar-refractivity contribution is 7.88. The zero-order chi connectivity index (χ0) is 56.9. The number of aromatic nitrogens is 1. The van der Waals surface area contributed by atoms with Gasteiger partial charge in [-0.25, -0.2) is 13.4 Å². The van der Waals surface area contributed by atoms with E-state index >= 15 is 0 Å². The van der Waals surface area contributed by atoms with Gasteiger partial charge in [-0.15, -0.1) is 22.7 Å². The maximum Gasteiger partial charge on any atom is 0.243 e. The fourth-order valence-corrected chi connectivity index (χ4v) is 14.5. The number of thiophene rings is 1. The van der Waals surface area contributed by atoms with Gasteiger partial charge >= 0.3 is 0 Å². The molecule has 17 nitrogen and oxygen atoms in total. The number of aliphatic hydroxyl groups is 2. The first kappa shape index (κ1) is 63.9. The molecule has 7 rings (SSSR count). The van der Waals surface area contributed by atoms with Gasteiger partial charge in [-0.1, -0.05) is 74.0 Å². The maximum absolute atomic E-state index is 14.5. The van der Waals surface area contributed by atoms with E-state index in [2.05, 4.69) is 46.9 Å². The van der Waals surface area contributed by atoms with Crippen molar-refractivity contribution in [1.82, 2.24) is 19.5 Å². The van der Waals surface area contributed by atoms with Crippen LogP contribution in [0.1, 0.15) is 92.7 Å². The van der Waals surface area contributed by atoms with Crippen LogP contribution in [0.25, 0.3) is 20.9 Å². The molecule has 77 heavy (non-hydrogen) atoms. The van der Waals surface area contributed by atoms with Crippen molar-refractivity contribution in [2.75, 3.05) is 57.6 Å². The van der Waals surface area contributed by atoms with E-state index in [0.29, 0.717) is 92.7 Å². The first-order chi connectivity index (χ1) is 37.0. The Hall–Kier alpha value is -5.58. The number of sulfonamides is 1. The fourth-order valence-electron chi connectivity index (χ4n) is 10.3. The number of hydrogen-bond donors (Lipinski definition) is 6. The number of halogens is 1. The van der Waals surface area contributed by atoms with Crippen LogP contribution >= 0.6 is 34.3 Å². The van der Waals surface area contributed by atoms with E-state index < -0.39 is 21.6 Å². The molecule has 0 saturated carbocycles. The molecule has 3 aromatic carbocycles. The number of ether oxygens (including phenoxy) is 1. The Kier molecular flexibility index (Phi) is 25.8. The van der Waals surface area contributed by atoms with Gasteiger partial charge in [0.25, 0.3) is 0 Å². The number of hydrogen-bond acceptors (Lipinski definition) is 16. The molecule has 4 unspecified atom stereocenters. The SMILES string of the molecule is C=O.CO.CO.Cc1ncsc1-c1ccc(CNC(=O)C2CCCN2C(=O)C(C(C)C)C(CCN)CCNc2cccc(CS(=O)(=O)N3CCC(Nc4cccc(-c5sc(C=O)c(OCC=O)c5Cl)c4)CC3(C)C)c2)cc1. The molecule has 0 aliphatic carbocycles. The molecule has 0 spiro atoms. The lowest BCUT2D eigenvalue weighted by molar-refractivity contribution is -0.144. The number of anilines is 2. The van der Waals surface area contributed by atoms with Gasteiger partial charge in [-0.3, -0.25) is 19.2 Å². The van der Waals surface area contributed by atoms with Gasteiger partial charge < -0.3 is 46.3 Å². The minimum absolute atomic E-state index is 0.00249. The van der Waals surface area contributed by atoms with Crippen LogP contribution in [-0.4, -0.2) is 129 Å². The Morgan fingerprint density at radius 3 is 2.29 bits per heavy atom. The monoisotopic (exact) mass is 1140 g/mol. The van der Waals surface area contributed by atoms with Gasteiger partial charge in [-0.2, -0.15) is 4.31 Å². The van der Waals surface area contributed by atoms with E-state index in [1.54, 1.807) is 20.5 Å². The van der Waals surface area contributed by atoms with Crippen LogP contribution in [0.3, 0.4) is 0 Å². The highest BCUT2D eigenvalue weighted by atomic mass is 35.5. The van der Waals surface area contributed by atoms with Gasteiger partial charge in [0.1, 0.15) is 29.3 Å². The summed E-state index contributed by atoms with van der Waals surface area (Å²) in [4.78, 5) is 67.0. The number of carbonyl (C=O) groups excluding carboxylic acids is 5. The van der Waals surface area contributed by atoms with Crippen LogP contribution < -0.4 is 26.4 Å². The number of amides is 2. The summed E-state index contributed by atoms with van der Waals surface area (Å²) in [5, 5.41) is 24.5. The Morgan fingerprint density at radius 1 is 0.948 bits per heavy atom. The number of carbonyl (C=O) groups is 5. The van der Waals surface area contributed by atoms with E-state index in [0.717, 1.165) is 59.3 Å². The lowest BCUT2D eigenvalue weighted by Gasteiger charge is -2.45. The van der Waals surface area contributed by atoms with E-state index in [1.807, 2.05) is 93.7 Å². The molecule has 2 aromatic heterocycles. The molecule has 2 amide bonds. The normalized spacial score (nSPS) is 16.8. The topological polar surface area (TPSA) is 251 Å². The molecule has 420 valence electrons. The van der Waals surface area contributed by atoms with Gasteiger partial charge in [0.05, 0.1) is 26.7 Å². The molecule has 0 bridgehead atoms.